The van der Waals surface area contributed by atoms with E-state index in [9.17, 15) is 4.39 Å². The molecule has 0 aliphatic carbocycles. The number of benzene rings is 2. The van der Waals surface area contributed by atoms with Gasteiger partial charge in [0.05, 0.1) is 12.6 Å². The largest absolute Gasteiger partial charge is 0.494 e. The van der Waals surface area contributed by atoms with Crippen LogP contribution in [0.15, 0.2) is 42.5 Å². The lowest BCUT2D eigenvalue weighted by molar-refractivity contribution is 0.333. The third-order valence-corrected chi connectivity index (χ3v) is 3.25. The van der Waals surface area contributed by atoms with Crippen LogP contribution in [-0.4, -0.2) is 6.61 Å². The minimum Gasteiger partial charge on any atom is -0.494 e. The molecule has 0 aliphatic rings. The third kappa shape index (κ3) is 2.98. The highest BCUT2D eigenvalue weighted by Crippen LogP contribution is 2.31. The lowest BCUT2D eigenvalue weighted by Crippen LogP contribution is -2.29. The molecule has 106 valence electrons. The van der Waals surface area contributed by atoms with Gasteiger partial charge in [-0.1, -0.05) is 24.3 Å². The van der Waals surface area contributed by atoms with E-state index in [1.54, 1.807) is 6.07 Å². The number of aryl methyl sites for hydroxylation is 1. The summed E-state index contributed by atoms with van der Waals surface area (Å²) in [6, 6.07) is 12.0. The predicted molar refractivity (Wildman–Crippen MR) is 77.9 cm³/mol. The van der Waals surface area contributed by atoms with Crippen molar-refractivity contribution in [1.82, 2.24) is 5.43 Å². The van der Waals surface area contributed by atoms with Crippen LogP contribution >= 0.6 is 0 Å². The van der Waals surface area contributed by atoms with E-state index in [0.717, 1.165) is 22.4 Å². The van der Waals surface area contributed by atoms with Gasteiger partial charge in [0.25, 0.3) is 0 Å². The molecule has 0 saturated carbocycles. The number of nitrogens with one attached hydrogen (secondary N) is 1. The summed E-state index contributed by atoms with van der Waals surface area (Å²) >= 11 is 0. The Morgan fingerprint density at radius 2 is 1.95 bits per heavy atom. The molecule has 0 spiro atoms. The van der Waals surface area contributed by atoms with Gasteiger partial charge in [0.1, 0.15) is 11.6 Å². The van der Waals surface area contributed by atoms with Crippen LogP contribution in [0.3, 0.4) is 0 Å². The van der Waals surface area contributed by atoms with E-state index in [-0.39, 0.29) is 11.9 Å². The van der Waals surface area contributed by atoms with E-state index in [1.807, 2.05) is 38.1 Å². The highest BCUT2D eigenvalue weighted by molar-refractivity contribution is 5.43. The van der Waals surface area contributed by atoms with E-state index < -0.39 is 0 Å². The molecule has 0 aliphatic heterocycles. The first-order valence-corrected chi connectivity index (χ1v) is 6.61. The van der Waals surface area contributed by atoms with Crippen molar-refractivity contribution in [3.63, 3.8) is 0 Å². The molecule has 3 N–H and O–H groups in total. The van der Waals surface area contributed by atoms with Gasteiger partial charge in [0.2, 0.25) is 0 Å². The van der Waals surface area contributed by atoms with Crippen molar-refractivity contribution in [2.45, 2.75) is 19.9 Å². The van der Waals surface area contributed by atoms with E-state index in [4.69, 9.17) is 10.6 Å². The van der Waals surface area contributed by atoms with Crippen molar-refractivity contribution in [1.29, 1.82) is 0 Å². The quantitative estimate of drug-likeness (QED) is 0.650. The molecular weight excluding hydrogens is 255 g/mol. The van der Waals surface area contributed by atoms with Crippen LogP contribution in [0.2, 0.25) is 0 Å². The Kier molecular flexibility index (Phi) is 4.71. The van der Waals surface area contributed by atoms with Crippen molar-refractivity contribution in [2.75, 3.05) is 6.61 Å². The number of halogens is 1. The monoisotopic (exact) mass is 274 g/mol. The van der Waals surface area contributed by atoms with Crippen molar-refractivity contribution in [3.05, 3.63) is 65.0 Å². The van der Waals surface area contributed by atoms with Gasteiger partial charge in [-0.15, -0.1) is 0 Å². The standard InChI is InChI=1S/C16H19FN2O/c1-3-20-15-7-5-4-6-13(15)16(19-18)14-10-12(17)9-8-11(14)2/h4-10,16,19H,3,18H2,1-2H3. The summed E-state index contributed by atoms with van der Waals surface area (Å²) in [5, 5.41) is 0. The summed E-state index contributed by atoms with van der Waals surface area (Å²) in [5.74, 6) is 6.17. The Morgan fingerprint density at radius 1 is 1.20 bits per heavy atom. The highest BCUT2D eigenvalue weighted by atomic mass is 19.1. The molecule has 1 atom stereocenters. The van der Waals surface area contributed by atoms with Crippen molar-refractivity contribution in [3.8, 4) is 5.75 Å². The summed E-state index contributed by atoms with van der Waals surface area (Å²) in [4.78, 5) is 0. The van der Waals surface area contributed by atoms with Gasteiger partial charge in [-0.3, -0.25) is 5.84 Å². The first-order valence-electron chi connectivity index (χ1n) is 6.61. The molecule has 1 unspecified atom stereocenters. The maximum Gasteiger partial charge on any atom is 0.124 e. The Bertz CT molecular complexity index is 586. The maximum absolute atomic E-state index is 13.5. The van der Waals surface area contributed by atoms with Crippen molar-refractivity contribution >= 4 is 0 Å². The minimum atomic E-state index is -0.312. The zero-order valence-corrected chi connectivity index (χ0v) is 11.7. The number of hydrazine groups is 1. The molecule has 2 aromatic rings. The topological polar surface area (TPSA) is 47.3 Å². The smallest absolute Gasteiger partial charge is 0.124 e. The SMILES string of the molecule is CCOc1ccccc1C(NN)c1cc(F)ccc1C. The number of hydrogen-bond donors (Lipinski definition) is 2. The van der Waals surface area contributed by atoms with Crippen LogP contribution < -0.4 is 16.0 Å². The second kappa shape index (κ2) is 6.50. The van der Waals surface area contributed by atoms with E-state index in [1.165, 1.54) is 12.1 Å². The van der Waals surface area contributed by atoms with Crippen molar-refractivity contribution in [2.24, 2.45) is 5.84 Å². The lowest BCUT2D eigenvalue weighted by Gasteiger charge is -2.21. The maximum atomic E-state index is 13.5. The molecule has 3 nitrogen and oxygen atoms in total. The fourth-order valence-corrected chi connectivity index (χ4v) is 2.28. The van der Waals surface area contributed by atoms with Crippen LogP contribution in [0.4, 0.5) is 4.39 Å². The normalized spacial score (nSPS) is 12.2. The molecule has 2 rings (SSSR count). The fraction of sp³-hybridized carbons (Fsp3) is 0.250. The molecule has 20 heavy (non-hydrogen) atoms. The highest BCUT2D eigenvalue weighted by Gasteiger charge is 2.19. The minimum absolute atomic E-state index is 0.278. The van der Waals surface area contributed by atoms with Gasteiger partial charge in [0, 0.05) is 5.56 Å². The Hall–Kier alpha value is -1.91. The van der Waals surface area contributed by atoms with E-state index in [2.05, 4.69) is 5.43 Å². The van der Waals surface area contributed by atoms with Crippen LogP contribution in [0.5, 0.6) is 5.75 Å². The summed E-state index contributed by atoms with van der Waals surface area (Å²) < 4.78 is 19.1. The summed E-state index contributed by atoms with van der Waals surface area (Å²) in [5.41, 5.74) is 5.43. The first-order chi connectivity index (χ1) is 9.67. The molecule has 4 heteroatoms. The zero-order valence-electron chi connectivity index (χ0n) is 11.7. The van der Waals surface area contributed by atoms with E-state index in [0.29, 0.717) is 6.61 Å². The Balaban J connectivity index is 2.49. The molecule has 0 saturated heterocycles. The van der Waals surface area contributed by atoms with Gasteiger partial charge < -0.3 is 4.74 Å². The number of rotatable bonds is 5. The number of para-hydroxylation sites is 1. The van der Waals surface area contributed by atoms with Gasteiger partial charge >= 0.3 is 0 Å². The zero-order chi connectivity index (χ0) is 14.5. The fourth-order valence-electron chi connectivity index (χ4n) is 2.28. The number of hydrogen-bond acceptors (Lipinski definition) is 3. The molecular formula is C16H19FN2O. The summed E-state index contributed by atoms with van der Waals surface area (Å²) in [6.45, 7) is 4.42. The number of ether oxygens (including phenoxy) is 1. The van der Waals surface area contributed by atoms with Gasteiger partial charge in [-0.05, 0) is 43.2 Å². The molecule has 2 aromatic carbocycles. The van der Waals surface area contributed by atoms with Crippen LogP contribution in [0, 0.1) is 12.7 Å². The molecule has 0 aromatic heterocycles. The van der Waals surface area contributed by atoms with Crippen LogP contribution in [0.25, 0.3) is 0 Å². The molecule has 0 fully saturated rings. The van der Waals surface area contributed by atoms with Gasteiger partial charge in [-0.2, -0.15) is 0 Å². The first kappa shape index (κ1) is 14.5. The van der Waals surface area contributed by atoms with Crippen LogP contribution in [-0.2, 0) is 0 Å². The summed E-state index contributed by atoms with van der Waals surface area (Å²) in [6.07, 6.45) is 0. The average Bonchev–Trinajstić information content (AvgIpc) is 2.45. The predicted octanol–water partition coefficient (Wildman–Crippen LogP) is 3.09. The number of nitrogens with two attached hydrogens (primary N) is 1. The lowest BCUT2D eigenvalue weighted by atomic mass is 9.94. The van der Waals surface area contributed by atoms with E-state index >= 15 is 0 Å². The second-order valence-electron chi connectivity index (χ2n) is 4.57. The third-order valence-electron chi connectivity index (χ3n) is 3.25. The Morgan fingerprint density at radius 3 is 2.65 bits per heavy atom. The average molecular weight is 274 g/mol. The Labute approximate surface area is 118 Å². The molecule has 0 bridgehead atoms. The second-order valence-corrected chi connectivity index (χ2v) is 4.57. The molecule has 0 radical (unpaired) electrons. The van der Waals surface area contributed by atoms with Gasteiger partial charge in [-0.25, -0.2) is 9.82 Å². The van der Waals surface area contributed by atoms with Crippen molar-refractivity contribution < 1.29 is 9.13 Å². The molecule has 0 amide bonds. The van der Waals surface area contributed by atoms with Crippen LogP contribution in [0.1, 0.15) is 29.7 Å². The van der Waals surface area contributed by atoms with Gasteiger partial charge in [0.15, 0.2) is 0 Å². The summed E-state index contributed by atoms with van der Waals surface area (Å²) in [7, 11) is 0. The molecule has 0 heterocycles.